The van der Waals surface area contributed by atoms with Gasteiger partial charge in [0, 0.05) is 30.6 Å². The van der Waals surface area contributed by atoms with Crippen LogP contribution in [-0.4, -0.2) is 25.1 Å². The fraction of sp³-hybridized carbons (Fsp3) is 0.400. The molecule has 0 amide bonds. The van der Waals surface area contributed by atoms with Gasteiger partial charge in [-0.05, 0) is 30.5 Å². The zero-order chi connectivity index (χ0) is 14.4. The Hall–Kier alpha value is -1.46. The number of thiophene rings is 1. The Morgan fingerprint density at radius 1 is 1.45 bits per heavy atom. The zero-order valence-electron chi connectivity index (χ0n) is 11.9. The molecule has 2 aromatic heterocycles. The molecule has 0 bridgehead atoms. The molecule has 3 nitrogen and oxygen atoms in total. The van der Waals surface area contributed by atoms with Crippen molar-refractivity contribution in [3.8, 4) is 0 Å². The van der Waals surface area contributed by atoms with Crippen molar-refractivity contribution in [3.05, 3.63) is 46.0 Å². The molecule has 2 rings (SSSR count). The van der Waals surface area contributed by atoms with Crippen LogP contribution in [0.1, 0.15) is 17.4 Å². The summed E-state index contributed by atoms with van der Waals surface area (Å²) in [6.07, 6.45) is 2.26. The van der Waals surface area contributed by atoms with Gasteiger partial charge in [0.25, 0.3) is 0 Å². The maximum Gasteiger partial charge on any atom is 0.141 e. The van der Waals surface area contributed by atoms with Crippen molar-refractivity contribution in [2.24, 2.45) is 0 Å². The Morgan fingerprint density at radius 3 is 3.00 bits per heavy atom. The average Bonchev–Trinajstić information content (AvgIpc) is 2.96. The number of nitrogens with one attached hydrogen (secondary N) is 1. The van der Waals surface area contributed by atoms with Gasteiger partial charge in [-0.15, -0.1) is 11.3 Å². The van der Waals surface area contributed by atoms with Gasteiger partial charge in [0.15, 0.2) is 0 Å². The molecule has 5 heteroatoms. The van der Waals surface area contributed by atoms with E-state index in [1.165, 1.54) is 11.1 Å². The van der Waals surface area contributed by atoms with E-state index in [0.717, 1.165) is 30.9 Å². The second-order valence-corrected chi connectivity index (χ2v) is 5.70. The molecule has 0 aliphatic heterocycles. The molecule has 108 valence electrons. The summed E-state index contributed by atoms with van der Waals surface area (Å²) in [6.45, 7) is 4.40. The summed E-state index contributed by atoms with van der Waals surface area (Å²) in [4.78, 5) is 7.69. The zero-order valence-corrected chi connectivity index (χ0v) is 12.7. The van der Waals surface area contributed by atoms with E-state index in [1.807, 2.05) is 14.0 Å². The molecule has 2 heterocycles. The molecule has 0 fully saturated rings. The monoisotopic (exact) mass is 293 g/mol. The Bertz CT molecular complexity index is 528. The number of anilines is 1. The lowest BCUT2D eigenvalue weighted by Gasteiger charge is -2.21. The number of aromatic nitrogens is 1. The number of halogens is 1. The molecule has 0 saturated heterocycles. The van der Waals surface area contributed by atoms with Crippen molar-refractivity contribution < 1.29 is 4.39 Å². The van der Waals surface area contributed by atoms with Crippen LogP contribution in [0.4, 0.5) is 10.2 Å². The van der Waals surface area contributed by atoms with Crippen LogP contribution in [0.3, 0.4) is 0 Å². The Labute approximate surface area is 123 Å². The maximum absolute atomic E-state index is 13.3. The minimum atomic E-state index is -0.284. The summed E-state index contributed by atoms with van der Waals surface area (Å²) in [5.74, 6) is 0.567. The summed E-state index contributed by atoms with van der Waals surface area (Å²) in [5.41, 5.74) is 0.903. The van der Waals surface area contributed by atoms with Gasteiger partial charge < -0.3 is 10.2 Å². The standard InChI is InChI=1S/C15H20FN3S/c1-3-17-10-12-9-13(16)11-18-15(12)19(2)7-6-14-5-4-8-20-14/h4-5,8-9,11,17H,3,6-7,10H2,1-2H3. The van der Waals surface area contributed by atoms with Gasteiger partial charge in [-0.2, -0.15) is 0 Å². The molecule has 0 radical (unpaired) electrons. The number of hydrogen-bond acceptors (Lipinski definition) is 4. The quantitative estimate of drug-likeness (QED) is 0.850. The van der Waals surface area contributed by atoms with Crippen LogP contribution in [0, 0.1) is 5.82 Å². The molecule has 1 N–H and O–H groups in total. The summed E-state index contributed by atoms with van der Waals surface area (Å²) in [5, 5.41) is 5.31. The van der Waals surface area contributed by atoms with Crippen molar-refractivity contribution in [2.45, 2.75) is 19.9 Å². The predicted molar refractivity (Wildman–Crippen MR) is 82.9 cm³/mol. The molecule has 0 aromatic carbocycles. The van der Waals surface area contributed by atoms with E-state index in [0.29, 0.717) is 6.54 Å². The van der Waals surface area contributed by atoms with Gasteiger partial charge in [0.05, 0.1) is 6.20 Å². The molecule has 0 atom stereocenters. The first-order valence-electron chi connectivity index (χ1n) is 6.79. The van der Waals surface area contributed by atoms with Gasteiger partial charge in [-0.25, -0.2) is 9.37 Å². The highest BCUT2D eigenvalue weighted by molar-refractivity contribution is 7.09. The first-order chi connectivity index (χ1) is 9.70. The molecule has 0 aliphatic carbocycles. The third kappa shape index (κ3) is 4.02. The van der Waals surface area contributed by atoms with Gasteiger partial charge >= 0.3 is 0 Å². The third-order valence-electron chi connectivity index (χ3n) is 3.11. The fourth-order valence-corrected chi connectivity index (χ4v) is 2.74. The highest BCUT2D eigenvalue weighted by Gasteiger charge is 2.10. The van der Waals surface area contributed by atoms with E-state index in [2.05, 4.69) is 32.7 Å². The van der Waals surface area contributed by atoms with E-state index in [4.69, 9.17) is 0 Å². The van der Waals surface area contributed by atoms with Crippen LogP contribution in [0.15, 0.2) is 29.8 Å². The van der Waals surface area contributed by atoms with Gasteiger partial charge in [-0.3, -0.25) is 0 Å². The van der Waals surface area contributed by atoms with Gasteiger partial charge in [0.2, 0.25) is 0 Å². The minimum Gasteiger partial charge on any atom is -0.359 e. The molecule has 0 unspecified atom stereocenters. The fourth-order valence-electron chi connectivity index (χ4n) is 2.05. The van der Waals surface area contributed by atoms with Crippen molar-refractivity contribution in [3.63, 3.8) is 0 Å². The van der Waals surface area contributed by atoms with Crippen molar-refractivity contribution in [2.75, 3.05) is 25.0 Å². The Morgan fingerprint density at radius 2 is 2.30 bits per heavy atom. The van der Waals surface area contributed by atoms with E-state index in [1.54, 1.807) is 17.4 Å². The van der Waals surface area contributed by atoms with Crippen LogP contribution in [0.2, 0.25) is 0 Å². The van der Waals surface area contributed by atoms with Crippen LogP contribution in [0.25, 0.3) is 0 Å². The van der Waals surface area contributed by atoms with Crippen LogP contribution in [-0.2, 0) is 13.0 Å². The normalized spacial score (nSPS) is 10.8. The number of pyridine rings is 1. The average molecular weight is 293 g/mol. The van der Waals surface area contributed by atoms with Crippen molar-refractivity contribution in [1.29, 1.82) is 0 Å². The lowest BCUT2D eigenvalue weighted by molar-refractivity contribution is 0.613. The van der Waals surface area contributed by atoms with Crippen molar-refractivity contribution >= 4 is 17.2 Å². The van der Waals surface area contributed by atoms with E-state index in [-0.39, 0.29) is 5.82 Å². The highest BCUT2D eigenvalue weighted by atomic mass is 32.1. The van der Waals surface area contributed by atoms with Crippen LogP contribution < -0.4 is 10.2 Å². The van der Waals surface area contributed by atoms with Gasteiger partial charge in [0.1, 0.15) is 11.6 Å². The SMILES string of the molecule is CCNCc1cc(F)cnc1N(C)CCc1cccs1. The van der Waals surface area contributed by atoms with Crippen molar-refractivity contribution in [1.82, 2.24) is 10.3 Å². The van der Waals surface area contributed by atoms with E-state index in [9.17, 15) is 4.39 Å². The maximum atomic E-state index is 13.3. The molecule has 0 saturated carbocycles. The molecular weight excluding hydrogens is 273 g/mol. The summed E-state index contributed by atoms with van der Waals surface area (Å²) in [7, 11) is 2.00. The van der Waals surface area contributed by atoms with E-state index < -0.39 is 0 Å². The first kappa shape index (κ1) is 14.9. The smallest absolute Gasteiger partial charge is 0.141 e. The predicted octanol–water partition coefficient (Wildman–Crippen LogP) is 3.07. The summed E-state index contributed by atoms with van der Waals surface area (Å²) < 4.78 is 13.3. The van der Waals surface area contributed by atoms with Crippen LogP contribution in [0.5, 0.6) is 0 Å². The Balaban J connectivity index is 2.05. The molecule has 0 aliphatic rings. The second-order valence-electron chi connectivity index (χ2n) is 4.67. The summed E-state index contributed by atoms with van der Waals surface area (Å²) in [6, 6.07) is 5.76. The lowest BCUT2D eigenvalue weighted by Crippen LogP contribution is -2.24. The molecule has 0 spiro atoms. The van der Waals surface area contributed by atoms with Gasteiger partial charge in [-0.1, -0.05) is 13.0 Å². The number of likely N-dealkylation sites (N-methyl/N-ethyl adjacent to an activating group) is 1. The lowest BCUT2D eigenvalue weighted by atomic mass is 10.2. The Kier molecular flexibility index (Phi) is 5.49. The largest absolute Gasteiger partial charge is 0.359 e. The highest BCUT2D eigenvalue weighted by Crippen LogP contribution is 2.18. The second kappa shape index (κ2) is 7.36. The third-order valence-corrected chi connectivity index (χ3v) is 4.05. The van der Waals surface area contributed by atoms with Crippen LogP contribution >= 0.6 is 11.3 Å². The molecule has 2 aromatic rings. The molecular formula is C15H20FN3S. The molecule has 20 heavy (non-hydrogen) atoms. The number of nitrogens with zero attached hydrogens (tertiary/aromatic N) is 2. The van der Waals surface area contributed by atoms with E-state index >= 15 is 0 Å². The topological polar surface area (TPSA) is 28.2 Å². The number of rotatable bonds is 7. The minimum absolute atomic E-state index is 0.284. The first-order valence-corrected chi connectivity index (χ1v) is 7.67. The number of hydrogen-bond donors (Lipinski definition) is 1. The summed E-state index contributed by atoms with van der Waals surface area (Å²) >= 11 is 1.76.